The predicted molar refractivity (Wildman–Crippen MR) is 81.8 cm³/mol. The number of hydrogen-bond donors (Lipinski definition) is 0. The molecule has 1 amide bonds. The highest BCUT2D eigenvalue weighted by Gasteiger charge is 2.25. The number of amides is 1. The molecular weight excluding hydrogens is 352 g/mol. The number of nitrogens with zero attached hydrogens (tertiary/aromatic N) is 2. The summed E-state index contributed by atoms with van der Waals surface area (Å²) in [5, 5.41) is 0. The lowest BCUT2D eigenvalue weighted by atomic mass is 10.2. The molecule has 116 valence electrons. The SMILES string of the molecule is O=C(CN1CCN(C(=O)c2ccc(Br)o2)CC1)c1ccco1. The van der Waals surface area contributed by atoms with Gasteiger partial charge in [0.15, 0.2) is 16.2 Å². The molecule has 0 radical (unpaired) electrons. The summed E-state index contributed by atoms with van der Waals surface area (Å²) >= 11 is 3.19. The van der Waals surface area contributed by atoms with E-state index < -0.39 is 0 Å². The minimum absolute atomic E-state index is 0.0419. The molecule has 22 heavy (non-hydrogen) atoms. The van der Waals surface area contributed by atoms with Crippen molar-refractivity contribution >= 4 is 27.6 Å². The van der Waals surface area contributed by atoms with Gasteiger partial charge in [0.2, 0.25) is 5.78 Å². The van der Waals surface area contributed by atoms with Crippen LogP contribution < -0.4 is 0 Å². The van der Waals surface area contributed by atoms with Crippen LogP contribution in [0.1, 0.15) is 21.1 Å². The van der Waals surface area contributed by atoms with Crippen LogP contribution in [0.15, 0.2) is 44.0 Å². The summed E-state index contributed by atoms with van der Waals surface area (Å²) in [6.07, 6.45) is 1.49. The maximum Gasteiger partial charge on any atom is 0.289 e. The first-order valence-electron chi connectivity index (χ1n) is 6.97. The third-order valence-electron chi connectivity index (χ3n) is 3.61. The van der Waals surface area contributed by atoms with Crippen molar-refractivity contribution < 1.29 is 18.4 Å². The van der Waals surface area contributed by atoms with Crippen molar-refractivity contribution in [3.63, 3.8) is 0 Å². The summed E-state index contributed by atoms with van der Waals surface area (Å²) in [5.41, 5.74) is 0. The number of Topliss-reactive ketones (excluding diaryl/α,β-unsaturated/α-hetero) is 1. The van der Waals surface area contributed by atoms with Gasteiger partial charge in [-0.15, -0.1) is 0 Å². The second kappa shape index (κ2) is 6.50. The quantitative estimate of drug-likeness (QED) is 0.776. The molecule has 7 heteroatoms. The average molecular weight is 367 g/mol. The maximum absolute atomic E-state index is 12.2. The fourth-order valence-corrected chi connectivity index (χ4v) is 2.72. The topological polar surface area (TPSA) is 66.9 Å². The van der Waals surface area contributed by atoms with Crippen molar-refractivity contribution in [1.29, 1.82) is 0 Å². The minimum atomic E-state index is -0.122. The fraction of sp³-hybridized carbons (Fsp3) is 0.333. The number of piperazine rings is 1. The van der Waals surface area contributed by atoms with Gasteiger partial charge in [-0.1, -0.05) is 0 Å². The van der Waals surface area contributed by atoms with Crippen LogP contribution in [0.5, 0.6) is 0 Å². The Balaban J connectivity index is 1.52. The molecule has 0 unspecified atom stereocenters. The molecule has 3 heterocycles. The number of carbonyl (C=O) groups excluding carboxylic acids is 2. The smallest absolute Gasteiger partial charge is 0.289 e. The highest BCUT2D eigenvalue weighted by atomic mass is 79.9. The molecule has 0 aliphatic carbocycles. The molecule has 3 rings (SSSR count). The van der Waals surface area contributed by atoms with Gasteiger partial charge in [0.05, 0.1) is 12.8 Å². The number of hydrogen-bond acceptors (Lipinski definition) is 5. The van der Waals surface area contributed by atoms with Crippen LogP contribution in [-0.4, -0.2) is 54.2 Å². The predicted octanol–water partition coefficient (Wildman–Crippen LogP) is 2.28. The summed E-state index contributed by atoms with van der Waals surface area (Å²) in [5.74, 6) is 0.536. The second-order valence-electron chi connectivity index (χ2n) is 5.07. The Labute approximate surface area is 135 Å². The normalized spacial score (nSPS) is 16.0. The Morgan fingerprint density at radius 3 is 2.45 bits per heavy atom. The van der Waals surface area contributed by atoms with Crippen LogP contribution in [0, 0.1) is 0 Å². The van der Waals surface area contributed by atoms with Gasteiger partial charge in [-0.2, -0.15) is 0 Å². The van der Waals surface area contributed by atoms with Gasteiger partial charge in [0.1, 0.15) is 0 Å². The lowest BCUT2D eigenvalue weighted by Gasteiger charge is -2.33. The minimum Gasteiger partial charge on any atom is -0.461 e. The van der Waals surface area contributed by atoms with Crippen LogP contribution >= 0.6 is 15.9 Å². The first-order valence-corrected chi connectivity index (χ1v) is 7.76. The molecule has 0 bridgehead atoms. The van der Waals surface area contributed by atoms with E-state index in [2.05, 4.69) is 15.9 Å². The Morgan fingerprint density at radius 1 is 1.09 bits per heavy atom. The molecule has 1 saturated heterocycles. The number of furan rings is 2. The monoisotopic (exact) mass is 366 g/mol. The van der Waals surface area contributed by atoms with E-state index in [-0.39, 0.29) is 11.7 Å². The van der Waals surface area contributed by atoms with Crippen LogP contribution in [0.3, 0.4) is 0 Å². The Morgan fingerprint density at radius 2 is 1.86 bits per heavy atom. The molecular formula is C15H15BrN2O4. The summed E-state index contributed by atoms with van der Waals surface area (Å²) in [6.45, 7) is 2.76. The van der Waals surface area contributed by atoms with Gasteiger partial charge >= 0.3 is 0 Å². The van der Waals surface area contributed by atoms with Gasteiger partial charge in [-0.05, 0) is 40.2 Å². The van der Waals surface area contributed by atoms with Crippen LogP contribution in [0.4, 0.5) is 0 Å². The molecule has 2 aromatic rings. The fourth-order valence-electron chi connectivity index (χ4n) is 2.41. The number of rotatable bonds is 4. The summed E-state index contributed by atoms with van der Waals surface area (Å²) in [4.78, 5) is 28.0. The van der Waals surface area contributed by atoms with E-state index in [4.69, 9.17) is 8.83 Å². The van der Waals surface area contributed by atoms with Crippen LogP contribution in [-0.2, 0) is 0 Å². The van der Waals surface area contributed by atoms with Crippen LogP contribution in [0.2, 0.25) is 0 Å². The van der Waals surface area contributed by atoms with E-state index in [1.54, 1.807) is 29.2 Å². The second-order valence-corrected chi connectivity index (χ2v) is 5.85. The number of halogens is 1. The number of carbonyl (C=O) groups is 2. The zero-order valence-electron chi connectivity index (χ0n) is 11.8. The summed E-state index contributed by atoms with van der Waals surface area (Å²) in [7, 11) is 0. The van der Waals surface area contributed by atoms with Gasteiger partial charge < -0.3 is 13.7 Å². The molecule has 1 fully saturated rings. The molecule has 0 spiro atoms. The molecule has 0 saturated carbocycles. The molecule has 0 aromatic carbocycles. The van der Waals surface area contributed by atoms with Crippen molar-refractivity contribution in [2.45, 2.75) is 0 Å². The lowest BCUT2D eigenvalue weighted by Crippen LogP contribution is -2.49. The van der Waals surface area contributed by atoms with Gasteiger partial charge in [-0.25, -0.2) is 0 Å². The van der Waals surface area contributed by atoms with E-state index in [9.17, 15) is 9.59 Å². The molecule has 0 atom stereocenters. The van der Waals surface area contributed by atoms with Crippen molar-refractivity contribution in [3.8, 4) is 0 Å². The van der Waals surface area contributed by atoms with Gasteiger partial charge in [0, 0.05) is 26.2 Å². The lowest BCUT2D eigenvalue weighted by molar-refractivity contribution is 0.0591. The third kappa shape index (κ3) is 3.31. The van der Waals surface area contributed by atoms with E-state index in [0.29, 0.717) is 48.9 Å². The van der Waals surface area contributed by atoms with Crippen LogP contribution in [0.25, 0.3) is 0 Å². The third-order valence-corrected chi connectivity index (χ3v) is 4.03. The van der Waals surface area contributed by atoms with Crippen molar-refractivity contribution in [1.82, 2.24) is 9.80 Å². The highest BCUT2D eigenvalue weighted by molar-refractivity contribution is 9.10. The average Bonchev–Trinajstić information content (AvgIpc) is 3.18. The highest BCUT2D eigenvalue weighted by Crippen LogP contribution is 2.17. The molecule has 1 aliphatic heterocycles. The zero-order chi connectivity index (χ0) is 15.5. The first-order chi connectivity index (χ1) is 10.6. The Kier molecular flexibility index (Phi) is 4.44. The maximum atomic E-state index is 12.2. The van der Waals surface area contributed by atoms with Crippen molar-refractivity contribution in [2.75, 3.05) is 32.7 Å². The standard InChI is InChI=1S/C15H15BrN2O4/c16-14-4-3-13(22-14)15(20)18-7-5-17(6-8-18)10-11(19)12-2-1-9-21-12/h1-4,9H,5-8,10H2. The van der Waals surface area contributed by atoms with E-state index in [0.717, 1.165) is 0 Å². The summed E-state index contributed by atoms with van der Waals surface area (Å²) in [6, 6.07) is 6.72. The van der Waals surface area contributed by atoms with Crippen molar-refractivity contribution in [2.24, 2.45) is 0 Å². The van der Waals surface area contributed by atoms with Gasteiger partial charge in [-0.3, -0.25) is 14.5 Å². The first kappa shape index (κ1) is 15.1. The Hall–Kier alpha value is -1.86. The van der Waals surface area contributed by atoms with Crippen molar-refractivity contribution in [3.05, 3.63) is 46.7 Å². The number of ketones is 1. The molecule has 0 N–H and O–H groups in total. The largest absolute Gasteiger partial charge is 0.461 e. The van der Waals surface area contributed by atoms with Gasteiger partial charge in [0.25, 0.3) is 5.91 Å². The zero-order valence-corrected chi connectivity index (χ0v) is 13.4. The molecule has 2 aromatic heterocycles. The molecule has 6 nitrogen and oxygen atoms in total. The summed E-state index contributed by atoms with van der Waals surface area (Å²) < 4.78 is 10.9. The van der Waals surface area contributed by atoms with E-state index >= 15 is 0 Å². The van der Waals surface area contributed by atoms with E-state index in [1.165, 1.54) is 6.26 Å². The Bertz CT molecular complexity index is 657. The molecule has 1 aliphatic rings. The van der Waals surface area contributed by atoms with E-state index in [1.807, 2.05) is 4.90 Å².